The van der Waals surface area contributed by atoms with E-state index in [9.17, 15) is 9.18 Å². The Kier molecular flexibility index (Phi) is 4.94. The lowest BCUT2D eigenvalue weighted by atomic mass is 9.94. The number of carbonyl (C=O) groups is 1. The fourth-order valence-corrected chi connectivity index (χ4v) is 3.91. The molecule has 5 nitrogen and oxygen atoms in total. The first-order valence-electron chi connectivity index (χ1n) is 9.38. The van der Waals surface area contributed by atoms with Crippen LogP contribution in [0.3, 0.4) is 0 Å². The smallest absolute Gasteiger partial charge is 0.254 e. The number of ether oxygens (including phenoxy) is 2. The summed E-state index contributed by atoms with van der Waals surface area (Å²) in [4.78, 5) is 18.3. The van der Waals surface area contributed by atoms with Crippen molar-refractivity contribution in [1.82, 2.24) is 9.88 Å². The number of hydrogen-bond donors (Lipinski definition) is 1. The summed E-state index contributed by atoms with van der Waals surface area (Å²) < 4.78 is 24.0. The van der Waals surface area contributed by atoms with Gasteiger partial charge in [-0.1, -0.05) is 0 Å². The SMILES string of the molecule is COc1ccc(C(=O)N2CCCC(c3cc4cc(F)ccc4[nH]3)C2)cc1OC. The molecule has 6 heteroatoms. The molecule has 1 unspecified atom stereocenters. The molecule has 1 atom stereocenters. The quantitative estimate of drug-likeness (QED) is 0.730. The number of amides is 1. The number of rotatable bonds is 4. The Labute approximate surface area is 163 Å². The predicted molar refractivity (Wildman–Crippen MR) is 106 cm³/mol. The van der Waals surface area contributed by atoms with Crippen LogP contribution in [0.15, 0.2) is 42.5 Å². The number of nitrogens with zero attached hydrogens (tertiary/aromatic N) is 1. The highest BCUT2D eigenvalue weighted by atomic mass is 19.1. The third-order valence-corrected chi connectivity index (χ3v) is 5.38. The monoisotopic (exact) mass is 382 g/mol. The second kappa shape index (κ2) is 7.54. The molecule has 2 aromatic carbocycles. The number of carbonyl (C=O) groups excluding carboxylic acids is 1. The van der Waals surface area contributed by atoms with Crippen LogP contribution < -0.4 is 9.47 Å². The van der Waals surface area contributed by atoms with E-state index >= 15 is 0 Å². The van der Waals surface area contributed by atoms with Gasteiger partial charge in [0, 0.05) is 41.2 Å². The molecule has 0 bridgehead atoms. The van der Waals surface area contributed by atoms with Crippen molar-refractivity contribution >= 4 is 16.8 Å². The van der Waals surface area contributed by atoms with Gasteiger partial charge in [-0.3, -0.25) is 4.79 Å². The van der Waals surface area contributed by atoms with E-state index in [0.29, 0.717) is 23.6 Å². The minimum atomic E-state index is -0.244. The van der Waals surface area contributed by atoms with Gasteiger partial charge in [0.05, 0.1) is 14.2 Å². The largest absolute Gasteiger partial charge is 0.493 e. The summed E-state index contributed by atoms with van der Waals surface area (Å²) in [7, 11) is 3.13. The molecule has 2 heterocycles. The van der Waals surface area contributed by atoms with Crippen molar-refractivity contribution in [2.45, 2.75) is 18.8 Å². The third-order valence-electron chi connectivity index (χ3n) is 5.38. The first-order chi connectivity index (χ1) is 13.6. The molecule has 1 aromatic heterocycles. The number of aromatic amines is 1. The Morgan fingerprint density at radius 2 is 1.93 bits per heavy atom. The standard InChI is InChI=1S/C22H23FN2O3/c1-27-20-8-5-14(12-21(20)28-2)22(26)25-9-3-4-15(13-25)19-11-16-10-17(23)6-7-18(16)24-19/h5-8,10-12,15,24H,3-4,9,13H2,1-2H3. The highest BCUT2D eigenvalue weighted by Crippen LogP contribution is 2.32. The van der Waals surface area contributed by atoms with Crippen LogP contribution in [0.4, 0.5) is 4.39 Å². The van der Waals surface area contributed by atoms with E-state index in [1.165, 1.54) is 12.1 Å². The first kappa shape index (κ1) is 18.3. The summed E-state index contributed by atoms with van der Waals surface area (Å²) in [6.45, 7) is 1.35. The van der Waals surface area contributed by atoms with Crippen LogP contribution in [0, 0.1) is 5.82 Å². The van der Waals surface area contributed by atoms with Crippen molar-refractivity contribution < 1.29 is 18.7 Å². The molecule has 0 radical (unpaired) electrons. The van der Waals surface area contributed by atoms with Crippen molar-refractivity contribution in [3.8, 4) is 11.5 Å². The zero-order chi connectivity index (χ0) is 19.7. The van der Waals surface area contributed by atoms with E-state index in [1.807, 2.05) is 11.0 Å². The summed E-state index contributed by atoms with van der Waals surface area (Å²) in [5.74, 6) is 1.08. The van der Waals surface area contributed by atoms with E-state index in [1.54, 1.807) is 38.5 Å². The van der Waals surface area contributed by atoms with E-state index in [-0.39, 0.29) is 17.6 Å². The number of piperidine rings is 1. The summed E-state index contributed by atoms with van der Waals surface area (Å²) in [6, 6.07) is 12.0. The van der Waals surface area contributed by atoms with Gasteiger partial charge in [0.15, 0.2) is 11.5 Å². The molecule has 4 rings (SSSR count). The number of fused-ring (bicyclic) bond motifs is 1. The Morgan fingerprint density at radius 1 is 1.11 bits per heavy atom. The van der Waals surface area contributed by atoms with Crippen molar-refractivity contribution in [1.29, 1.82) is 0 Å². The van der Waals surface area contributed by atoms with Crippen molar-refractivity contribution in [2.75, 3.05) is 27.3 Å². The van der Waals surface area contributed by atoms with Crippen LogP contribution in [0.1, 0.15) is 34.8 Å². The number of H-pyrrole nitrogens is 1. The third kappa shape index (κ3) is 3.42. The highest BCUT2D eigenvalue weighted by Gasteiger charge is 2.27. The molecule has 0 spiro atoms. The fourth-order valence-electron chi connectivity index (χ4n) is 3.91. The van der Waals surface area contributed by atoms with Crippen molar-refractivity contribution in [3.05, 3.63) is 59.5 Å². The van der Waals surface area contributed by atoms with Crippen molar-refractivity contribution in [2.24, 2.45) is 0 Å². The van der Waals surface area contributed by atoms with Gasteiger partial charge in [0.2, 0.25) is 0 Å². The van der Waals surface area contributed by atoms with Gasteiger partial charge in [-0.15, -0.1) is 0 Å². The van der Waals surface area contributed by atoms with Gasteiger partial charge in [-0.05, 0) is 55.3 Å². The number of nitrogens with one attached hydrogen (secondary N) is 1. The predicted octanol–water partition coefficient (Wildman–Crippen LogP) is 4.34. The minimum absolute atomic E-state index is 0.0205. The van der Waals surface area contributed by atoms with Crippen LogP contribution in [0.2, 0.25) is 0 Å². The molecule has 1 N–H and O–H groups in total. The van der Waals surface area contributed by atoms with Gasteiger partial charge >= 0.3 is 0 Å². The lowest BCUT2D eigenvalue weighted by Crippen LogP contribution is -2.39. The number of likely N-dealkylation sites (tertiary alicyclic amines) is 1. The maximum absolute atomic E-state index is 13.5. The van der Waals surface area contributed by atoms with Crippen molar-refractivity contribution in [3.63, 3.8) is 0 Å². The van der Waals surface area contributed by atoms with Crippen LogP contribution in [0.5, 0.6) is 11.5 Å². The highest BCUT2D eigenvalue weighted by molar-refractivity contribution is 5.95. The molecule has 28 heavy (non-hydrogen) atoms. The molecule has 3 aromatic rings. The summed E-state index contributed by atoms with van der Waals surface area (Å²) in [5, 5.41) is 0.860. The van der Waals surface area contributed by atoms with Crippen LogP contribution in [-0.2, 0) is 0 Å². The Morgan fingerprint density at radius 3 is 2.71 bits per heavy atom. The molecule has 1 amide bonds. The Bertz CT molecular complexity index is 1010. The normalized spacial score (nSPS) is 17.0. The topological polar surface area (TPSA) is 54.6 Å². The van der Waals surface area contributed by atoms with Gasteiger partial charge in [0.1, 0.15) is 5.82 Å². The minimum Gasteiger partial charge on any atom is -0.493 e. The average molecular weight is 382 g/mol. The maximum Gasteiger partial charge on any atom is 0.254 e. The summed E-state index contributed by atoms with van der Waals surface area (Å²) >= 11 is 0. The Hall–Kier alpha value is -3.02. The van der Waals surface area contributed by atoms with Gasteiger partial charge in [-0.2, -0.15) is 0 Å². The number of benzene rings is 2. The molecule has 1 aliphatic rings. The van der Waals surface area contributed by atoms with Crippen LogP contribution in [0.25, 0.3) is 10.9 Å². The number of aromatic nitrogens is 1. The average Bonchev–Trinajstić information content (AvgIpc) is 3.16. The second-order valence-electron chi connectivity index (χ2n) is 7.12. The van der Waals surface area contributed by atoms with E-state index < -0.39 is 0 Å². The molecule has 146 valence electrons. The summed E-state index contributed by atoms with van der Waals surface area (Å²) in [6.07, 6.45) is 1.92. The molecule has 1 fully saturated rings. The number of halogens is 1. The van der Waals surface area contributed by atoms with E-state index in [4.69, 9.17) is 9.47 Å². The lowest BCUT2D eigenvalue weighted by molar-refractivity contribution is 0.0705. The first-order valence-corrected chi connectivity index (χ1v) is 9.38. The second-order valence-corrected chi connectivity index (χ2v) is 7.12. The maximum atomic E-state index is 13.5. The zero-order valence-corrected chi connectivity index (χ0v) is 16.0. The molecule has 1 saturated heterocycles. The van der Waals surface area contributed by atoms with E-state index in [2.05, 4.69) is 4.98 Å². The van der Waals surface area contributed by atoms with Gasteiger partial charge < -0.3 is 19.4 Å². The lowest BCUT2D eigenvalue weighted by Gasteiger charge is -2.32. The van der Waals surface area contributed by atoms with Gasteiger partial charge in [-0.25, -0.2) is 4.39 Å². The zero-order valence-electron chi connectivity index (χ0n) is 16.0. The molecular weight excluding hydrogens is 359 g/mol. The number of hydrogen-bond acceptors (Lipinski definition) is 3. The Balaban J connectivity index is 1.55. The van der Waals surface area contributed by atoms with Crippen LogP contribution >= 0.6 is 0 Å². The van der Waals surface area contributed by atoms with E-state index in [0.717, 1.165) is 36.0 Å². The van der Waals surface area contributed by atoms with Gasteiger partial charge in [0.25, 0.3) is 5.91 Å². The van der Waals surface area contributed by atoms with Crippen LogP contribution in [-0.4, -0.2) is 43.1 Å². The molecular formula is C22H23FN2O3. The fraction of sp³-hybridized carbons (Fsp3) is 0.318. The summed E-state index contributed by atoms with van der Waals surface area (Å²) in [5.41, 5.74) is 2.54. The molecule has 0 aliphatic carbocycles. The molecule has 0 saturated carbocycles. The number of methoxy groups -OCH3 is 2. The molecule has 1 aliphatic heterocycles.